The summed E-state index contributed by atoms with van der Waals surface area (Å²) < 4.78 is 1.17. The number of carbonyl (C=O) groups is 1. The molecule has 1 saturated heterocycles. The molecule has 1 aliphatic rings. The first-order chi connectivity index (χ1) is 8.70. The summed E-state index contributed by atoms with van der Waals surface area (Å²) in [6, 6.07) is 1.98. The van der Waals surface area contributed by atoms with Gasteiger partial charge >= 0.3 is 0 Å². The van der Waals surface area contributed by atoms with Crippen LogP contribution >= 0.6 is 49.9 Å². The van der Waals surface area contributed by atoms with Crippen molar-refractivity contribution in [3.8, 4) is 0 Å². The topological polar surface area (TPSA) is 23.6 Å². The van der Waals surface area contributed by atoms with Gasteiger partial charge in [-0.25, -0.2) is 0 Å². The first-order valence-corrected chi connectivity index (χ1v) is 9.10. The Morgan fingerprint density at radius 1 is 1.39 bits per heavy atom. The van der Waals surface area contributed by atoms with E-state index < -0.39 is 0 Å². The van der Waals surface area contributed by atoms with Crippen LogP contribution in [0.5, 0.6) is 0 Å². The lowest BCUT2D eigenvalue weighted by Gasteiger charge is -2.21. The van der Waals surface area contributed by atoms with Gasteiger partial charge in [-0.3, -0.25) is 4.79 Å². The van der Waals surface area contributed by atoms with E-state index in [-0.39, 0.29) is 5.91 Å². The van der Waals surface area contributed by atoms with Crippen molar-refractivity contribution < 1.29 is 4.79 Å². The molecule has 0 bridgehead atoms. The predicted molar refractivity (Wildman–Crippen MR) is 87.8 cm³/mol. The maximum atomic E-state index is 12.3. The molecule has 0 N–H and O–H groups in total. The van der Waals surface area contributed by atoms with Gasteiger partial charge in [-0.1, -0.05) is 15.9 Å². The van der Waals surface area contributed by atoms with Crippen LogP contribution in [-0.2, 0) is 0 Å². The van der Waals surface area contributed by atoms with Crippen molar-refractivity contribution in [2.75, 3.05) is 38.1 Å². The van der Waals surface area contributed by atoms with E-state index in [9.17, 15) is 4.79 Å². The molecule has 1 aliphatic heterocycles. The molecule has 0 saturated carbocycles. The Balaban J connectivity index is 1.95. The van der Waals surface area contributed by atoms with Gasteiger partial charge in [-0.2, -0.15) is 0 Å². The second-order valence-corrected chi connectivity index (χ2v) is 7.91. The highest BCUT2D eigenvalue weighted by Crippen LogP contribution is 2.18. The predicted octanol–water partition coefficient (Wildman–Crippen LogP) is 2.90. The number of rotatable bonds is 3. The first-order valence-electron chi connectivity index (χ1n) is 6.02. The zero-order valence-electron chi connectivity index (χ0n) is 10.1. The number of nitrogens with zero attached hydrogens (tertiary/aromatic N) is 2. The fourth-order valence-corrected chi connectivity index (χ4v) is 3.94. The van der Waals surface area contributed by atoms with Gasteiger partial charge in [0.1, 0.15) is 0 Å². The number of hydrogen-bond acceptors (Lipinski definition) is 3. The van der Waals surface area contributed by atoms with Gasteiger partial charge in [-0.15, -0.1) is 11.3 Å². The zero-order chi connectivity index (χ0) is 13.0. The molecule has 6 heteroatoms. The average Bonchev–Trinajstić information content (AvgIpc) is 2.65. The summed E-state index contributed by atoms with van der Waals surface area (Å²) in [4.78, 5) is 16.7. The monoisotopic (exact) mass is 442 g/mol. The summed E-state index contributed by atoms with van der Waals surface area (Å²) in [7, 11) is 0. The third-order valence-electron chi connectivity index (χ3n) is 3.09. The number of alkyl halides is 1. The van der Waals surface area contributed by atoms with Gasteiger partial charge in [0, 0.05) is 36.9 Å². The van der Waals surface area contributed by atoms with Crippen molar-refractivity contribution in [3.05, 3.63) is 19.9 Å². The van der Waals surface area contributed by atoms with E-state index in [1.165, 1.54) is 2.88 Å². The number of halogens is 2. The Labute approximate surface area is 134 Å². The van der Waals surface area contributed by atoms with Crippen molar-refractivity contribution in [1.82, 2.24) is 9.80 Å². The van der Waals surface area contributed by atoms with Gasteiger partial charge in [0.15, 0.2) is 0 Å². The van der Waals surface area contributed by atoms with Crippen LogP contribution in [0.4, 0.5) is 0 Å². The summed E-state index contributed by atoms with van der Waals surface area (Å²) in [5.74, 6) is 0.190. The molecule has 2 rings (SSSR count). The molecule has 1 aromatic heterocycles. The Morgan fingerprint density at radius 3 is 2.89 bits per heavy atom. The number of hydrogen-bond donors (Lipinski definition) is 0. The summed E-state index contributed by atoms with van der Waals surface area (Å²) in [5, 5.41) is 2.97. The van der Waals surface area contributed by atoms with Crippen LogP contribution < -0.4 is 0 Å². The summed E-state index contributed by atoms with van der Waals surface area (Å²) in [6.07, 6.45) is 1.07. The highest BCUT2D eigenvalue weighted by atomic mass is 127. The standard InChI is InChI=1S/C12H16BrIN2OS/c13-2-5-15-3-1-4-16(7-6-15)12(17)10-8-11(14)18-9-10/h8-9H,1-7H2. The quantitative estimate of drug-likeness (QED) is 0.530. The fraction of sp³-hybridized carbons (Fsp3) is 0.583. The van der Waals surface area contributed by atoms with Crippen molar-refractivity contribution in [2.24, 2.45) is 0 Å². The van der Waals surface area contributed by atoms with Crippen LogP contribution in [0, 0.1) is 2.88 Å². The molecule has 0 radical (unpaired) electrons. The number of amides is 1. The second kappa shape index (κ2) is 7.21. The van der Waals surface area contributed by atoms with E-state index in [4.69, 9.17) is 0 Å². The van der Waals surface area contributed by atoms with E-state index in [0.717, 1.165) is 50.0 Å². The molecule has 0 unspecified atom stereocenters. The third-order valence-corrected chi connectivity index (χ3v) is 5.23. The highest BCUT2D eigenvalue weighted by Gasteiger charge is 2.20. The Bertz CT molecular complexity index is 413. The second-order valence-electron chi connectivity index (χ2n) is 4.32. The van der Waals surface area contributed by atoms with E-state index in [2.05, 4.69) is 43.4 Å². The smallest absolute Gasteiger partial charge is 0.254 e. The van der Waals surface area contributed by atoms with E-state index in [0.29, 0.717) is 0 Å². The van der Waals surface area contributed by atoms with Crippen molar-refractivity contribution >= 4 is 55.8 Å². The molecule has 1 aromatic rings. The molecule has 0 aliphatic carbocycles. The number of thiophene rings is 1. The van der Waals surface area contributed by atoms with Crippen LogP contribution in [0.15, 0.2) is 11.4 Å². The Morgan fingerprint density at radius 2 is 2.22 bits per heavy atom. The molecular formula is C12H16BrIN2OS. The first kappa shape index (κ1) is 14.7. The van der Waals surface area contributed by atoms with Crippen LogP contribution in [0.25, 0.3) is 0 Å². The normalized spacial score (nSPS) is 17.8. The van der Waals surface area contributed by atoms with Gasteiger partial charge < -0.3 is 9.80 Å². The molecule has 0 spiro atoms. The maximum Gasteiger partial charge on any atom is 0.254 e. The van der Waals surface area contributed by atoms with Gasteiger partial charge in [0.25, 0.3) is 5.91 Å². The van der Waals surface area contributed by atoms with E-state index in [1.807, 2.05) is 16.3 Å². The molecule has 18 heavy (non-hydrogen) atoms. The van der Waals surface area contributed by atoms with E-state index in [1.54, 1.807) is 11.3 Å². The Kier molecular flexibility index (Phi) is 5.91. The molecule has 0 atom stereocenters. The van der Waals surface area contributed by atoms with Crippen molar-refractivity contribution in [3.63, 3.8) is 0 Å². The summed E-state index contributed by atoms with van der Waals surface area (Å²) in [6.45, 7) is 4.87. The summed E-state index contributed by atoms with van der Waals surface area (Å²) in [5.41, 5.74) is 0.846. The minimum atomic E-state index is 0.190. The third kappa shape index (κ3) is 3.91. The van der Waals surface area contributed by atoms with Crippen LogP contribution in [0.1, 0.15) is 16.8 Å². The average molecular weight is 443 g/mol. The fourth-order valence-electron chi connectivity index (χ4n) is 2.12. The lowest BCUT2D eigenvalue weighted by atomic mass is 10.3. The molecule has 3 nitrogen and oxygen atoms in total. The van der Waals surface area contributed by atoms with Crippen LogP contribution in [0.3, 0.4) is 0 Å². The SMILES string of the molecule is O=C(c1csc(I)c1)N1CCCN(CCBr)CC1. The molecule has 0 aromatic carbocycles. The van der Waals surface area contributed by atoms with Crippen LogP contribution in [0.2, 0.25) is 0 Å². The van der Waals surface area contributed by atoms with Crippen LogP contribution in [-0.4, -0.2) is 53.8 Å². The lowest BCUT2D eigenvalue weighted by molar-refractivity contribution is 0.0762. The Hall–Kier alpha value is 0.340. The number of carbonyl (C=O) groups excluding carboxylic acids is 1. The summed E-state index contributed by atoms with van der Waals surface area (Å²) >= 11 is 7.37. The molecule has 1 fully saturated rings. The zero-order valence-corrected chi connectivity index (χ0v) is 14.6. The van der Waals surface area contributed by atoms with Gasteiger partial charge in [0.05, 0.1) is 8.45 Å². The maximum absolute atomic E-state index is 12.3. The molecule has 2 heterocycles. The minimum Gasteiger partial charge on any atom is -0.337 e. The van der Waals surface area contributed by atoms with Crippen molar-refractivity contribution in [1.29, 1.82) is 0 Å². The van der Waals surface area contributed by atoms with Gasteiger partial charge in [-0.05, 0) is 41.6 Å². The van der Waals surface area contributed by atoms with E-state index >= 15 is 0 Å². The van der Waals surface area contributed by atoms with Gasteiger partial charge in [0.2, 0.25) is 0 Å². The molecular weight excluding hydrogens is 427 g/mol. The molecule has 1 amide bonds. The lowest BCUT2D eigenvalue weighted by Crippen LogP contribution is -2.35. The molecule has 100 valence electrons. The largest absolute Gasteiger partial charge is 0.337 e. The van der Waals surface area contributed by atoms with Crippen molar-refractivity contribution in [2.45, 2.75) is 6.42 Å². The minimum absolute atomic E-state index is 0.190. The highest BCUT2D eigenvalue weighted by molar-refractivity contribution is 14.1.